The Morgan fingerprint density at radius 1 is 0.462 bits per heavy atom. The maximum Gasteiger partial charge on any atom is 0.0659 e. The number of hydrogen-bond acceptors (Lipinski definition) is 2. The molecule has 0 saturated carbocycles. The van der Waals surface area contributed by atoms with Crippen molar-refractivity contribution in [2.45, 2.75) is 0 Å². The second-order valence-corrected chi connectivity index (χ2v) is 5.91. The smallest absolute Gasteiger partial charge is 0.0659 e. The standard InChI is InChI=1S/C20H14N4.2Fe/c1-2-14-10-16-5-6-18(23-16)12-20-8-7-19(24-20)11-17-4-3-15(22-17)9-13(1)21-14;;/h1-12,21-22H;;. The van der Waals surface area contributed by atoms with Crippen molar-refractivity contribution in [2.75, 3.05) is 0 Å². The van der Waals surface area contributed by atoms with Gasteiger partial charge in [-0.05, 0) is 72.8 Å². The first-order valence-electron chi connectivity index (χ1n) is 7.85. The number of nitrogens with one attached hydrogen (secondary N) is 2. The minimum absolute atomic E-state index is 0. The molecule has 0 aromatic carbocycles. The molecular formula is C20H14Fe2N4. The van der Waals surface area contributed by atoms with Crippen LogP contribution in [0.4, 0.5) is 0 Å². The van der Waals surface area contributed by atoms with Crippen LogP contribution in [0.2, 0.25) is 0 Å². The van der Waals surface area contributed by atoms with Gasteiger partial charge in [0.05, 0.1) is 22.8 Å². The number of nitrogens with zero attached hydrogens (tertiary/aromatic N) is 2. The second-order valence-electron chi connectivity index (χ2n) is 5.91. The molecule has 6 heteroatoms. The van der Waals surface area contributed by atoms with Crippen LogP contribution < -0.4 is 0 Å². The van der Waals surface area contributed by atoms with Crippen molar-refractivity contribution in [3.05, 3.63) is 71.3 Å². The summed E-state index contributed by atoms with van der Waals surface area (Å²) in [6, 6.07) is 16.4. The van der Waals surface area contributed by atoms with Crippen LogP contribution in [0.15, 0.2) is 48.5 Å². The molecule has 2 aliphatic heterocycles. The van der Waals surface area contributed by atoms with E-state index >= 15 is 0 Å². The Balaban J connectivity index is 0.000000980. The molecule has 130 valence electrons. The molecule has 0 spiro atoms. The molecule has 2 aliphatic rings. The van der Waals surface area contributed by atoms with E-state index in [1.807, 2.05) is 42.5 Å². The number of fused-ring (bicyclic) bond motifs is 8. The third-order valence-electron chi connectivity index (χ3n) is 4.04. The summed E-state index contributed by atoms with van der Waals surface area (Å²) >= 11 is 0. The molecule has 0 saturated heterocycles. The van der Waals surface area contributed by atoms with Gasteiger partial charge in [-0.3, -0.25) is 0 Å². The van der Waals surface area contributed by atoms with Crippen molar-refractivity contribution in [2.24, 2.45) is 0 Å². The van der Waals surface area contributed by atoms with E-state index in [1.54, 1.807) is 0 Å². The molecular weight excluding hydrogens is 408 g/mol. The molecule has 0 atom stereocenters. The van der Waals surface area contributed by atoms with Gasteiger partial charge in [0.1, 0.15) is 0 Å². The van der Waals surface area contributed by atoms with Crippen LogP contribution in [0.3, 0.4) is 0 Å². The van der Waals surface area contributed by atoms with E-state index in [-0.39, 0.29) is 34.1 Å². The van der Waals surface area contributed by atoms with E-state index < -0.39 is 0 Å². The van der Waals surface area contributed by atoms with Gasteiger partial charge in [-0.25, -0.2) is 9.97 Å². The summed E-state index contributed by atoms with van der Waals surface area (Å²) in [4.78, 5) is 16.0. The number of aromatic nitrogens is 4. The molecule has 0 radical (unpaired) electrons. The topological polar surface area (TPSA) is 57.4 Å². The third kappa shape index (κ3) is 3.74. The van der Waals surface area contributed by atoms with Crippen LogP contribution in [0.1, 0.15) is 22.8 Å². The van der Waals surface area contributed by atoms with Gasteiger partial charge in [0.2, 0.25) is 0 Å². The molecule has 2 N–H and O–H groups in total. The molecule has 8 bridgehead atoms. The van der Waals surface area contributed by atoms with E-state index in [1.165, 1.54) is 0 Å². The Morgan fingerprint density at radius 3 is 1.23 bits per heavy atom. The van der Waals surface area contributed by atoms with Crippen LogP contribution in [-0.2, 0) is 34.1 Å². The van der Waals surface area contributed by atoms with Crippen molar-refractivity contribution in [3.63, 3.8) is 0 Å². The van der Waals surface area contributed by atoms with Gasteiger partial charge in [-0.2, -0.15) is 0 Å². The fourth-order valence-corrected chi connectivity index (χ4v) is 2.94. The van der Waals surface area contributed by atoms with Crippen LogP contribution in [0.25, 0.3) is 46.4 Å². The average molecular weight is 422 g/mol. The molecule has 0 unspecified atom stereocenters. The minimum atomic E-state index is 0. The monoisotopic (exact) mass is 422 g/mol. The van der Waals surface area contributed by atoms with Crippen LogP contribution >= 0.6 is 0 Å². The van der Waals surface area contributed by atoms with Crippen LogP contribution in [0.5, 0.6) is 0 Å². The summed E-state index contributed by atoms with van der Waals surface area (Å²) in [5.41, 5.74) is 7.86. The van der Waals surface area contributed by atoms with Crippen molar-refractivity contribution < 1.29 is 34.1 Å². The fraction of sp³-hybridized carbons (Fsp3) is 0. The molecule has 5 rings (SSSR count). The van der Waals surface area contributed by atoms with Crippen molar-refractivity contribution in [1.82, 2.24) is 19.9 Å². The van der Waals surface area contributed by atoms with Crippen molar-refractivity contribution >= 4 is 46.4 Å². The zero-order valence-electron chi connectivity index (χ0n) is 13.5. The third-order valence-corrected chi connectivity index (χ3v) is 4.04. The van der Waals surface area contributed by atoms with Gasteiger partial charge in [0.15, 0.2) is 0 Å². The Kier molecular flexibility index (Phi) is 5.30. The molecule has 3 aromatic heterocycles. The van der Waals surface area contributed by atoms with Gasteiger partial charge in [0, 0.05) is 56.2 Å². The average Bonchev–Trinajstić information content (AvgIpc) is 3.32. The molecule has 0 amide bonds. The Bertz CT molecular complexity index is 1080. The van der Waals surface area contributed by atoms with Crippen LogP contribution in [0, 0.1) is 0 Å². The van der Waals surface area contributed by atoms with Gasteiger partial charge >= 0.3 is 0 Å². The number of rotatable bonds is 0. The number of aromatic amines is 2. The Morgan fingerprint density at radius 2 is 0.808 bits per heavy atom. The maximum atomic E-state index is 4.62. The normalized spacial score (nSPS) is 11.7. The molecule has 5 heterocycles. The molecule has 0 aliphatic carbocycles. The van der Waals surface area contributed by atoms with Crippen LogP contribution in [-0.4, -0.2) is 19.9 Å². The Labute approximate surface area is 171 Å². The molecule has 26 heavy (non-hydrogen) atoms. The predicted molar refractivity (Wildman–Crippen MR) is 98.9 cm³/mol. The summed E-state index contributed by atoms with van der Waals surface area (Å²) in [5.74, 6) is 0. The molecule has 4 nitrogen and oxygen atoms in total. The first kappa shape index (κ1) is 18.4. The van der Waals surface area contributed by atoms with Gasteiger partial charge in [-0.15, -0.1) is 0 Å². The largest absolute Gasteiger partial charge is 0.355 e. The first-order chi connectivity index (χ1) is 11.8. The van der Waals surface area contributed by atoms with Crippen molar-refractivity contribution in [3.8, 4) is 0 Å². The second kappa shape index (κ2) is 7.48. The molecule has 3 aromatic rings. The zero-order valence-corrected chi connectivity index (χ0v) is 15.7. The quantitative estimate of drug-likeness (QED) is 0.357. The summed E-state index contributed by atoms with van der Waals surface area (Å²) in [6.45, 7) is 0. The van der Waals surface area contributed by atoms with E-state index in [9.17, 15) is 0 Å². The minimum Gasteiger partial charge on any atom is -0.355 e. The number of hydrogen-bond donors (Lipinski definition) is 2. The summed E-state index contributed by atoms with van der Waals surface area (Å²) in [7, 11) is 0. The summed E-state index contributed by atoms with van der Waals surface area (Å²) in [5, 5.41) is 0. The number of H-pyrrole nitrogens is 2. The first-order valence-corrected chi connectivity index (χ1v) is 7.85. The van der Waals surface area contributed by atoms with E-state index in [0.717, 1.165) is 44.8 Å². The van der Waals surface area contributed by atoms with Gasteiger partial charge < -0.3 is 9.97 Å². The van der Waals surface area contributed by atoms with Gasteiger partial charge in [0.25, 0.3) is 0 Å². The van der Waals surface area contributed by atoms with Crippen molar-refractivity contribution in [1.29, 1.82) is 0 Å². The maximum absolute atomic E-state index is 4.62. The fourth-order valence-electron chi connectivity index (χ4n) is 2.94. The van der Waals surface area contributed by atoms with E-state index in [0.29, 0.717) is 0 Å². The summed E-state index contributed by atoms with van der Waals surface area (Å²) < 4.78 is 0. The zero-order chi connectivity index (χ0) is 15.9. The SMILES string of the molecule is C1=Cc2cc3ccc(cc4ccc(cc5nc(cc1n2)C=C5)[nH]4)[nH]3.[Fe].[Fe]. The predicted octanol–water partition coefficient (Wildman–Crippen LogP) is 4.65. The van der Waals surface area contributed by atoms with Gasteiger partial charge in [-0.1, -0.05) is 0 Å². The Hall–Kier alpha value is -2.36. The van der Waals surface area contributed by atoms with E-state index in [2.05, 4.69) is 50.3 Å². The van der Waals surface area contributed by atoms with E-state index in [4.69, 9.17) is 0 Å². The summed E-state index contributed by atoms with van der Waals surface area (Å²) in [6.07, 6.45) is 8.05. The molecule has 0 fully saturated rings.